The molecule has 1 aromatic heterocycles. The summed E-state index contributed by atoms with van der Waals surface area (Å²) in [6.45, 7) is 0.701. The lowest BCUT2D eigenvalue weighted by Gasteiger charge is -2.39. The number of H-pyrrole nitrogens is 1. The molecule has 0 bridgehead atoms. The maximum Gasteiger partial charge on any atom is 0.229 e. The van der Waals surface area contributed by atoms with Crippen LogP contribution >= 0.6 is 24.0 Å². The van der Waals surface area contributed by atoms with E-state index >= 15 is 0 Å². The van der Waals surface area contributed by atoms with E-state index in [-0.39, 0.29) is 23.6 Å². The van der Waals surface area contributed by atoms with Gasteiger partial charge in [-0.2, -0.15) is 0 Å². The maximum absolute atomic E-state index is 11.5. The number of hydrogen-bond acceptors (Lipinski definition) is 2. The molecule has 4 rings (SSSR count). The third kappa shape index (κ3) is 2.11. The largest absolute Gasteiger partial charge is 0.361 e. The number of halogens is 2. The highest BCUT2D eigenvalue weighted by molar-refractivity contribution is 6.64. The first-order valence-electron chi connectivity index (χ1n) is 6.86. The average molecular weight is 323 g/mol. The zero-order valence-electron chi connectivity index (χ0n) is 11.6. The second-order valence-corrected chi connectivity index (χ2v) is 6.11. The predicted octanol–water partition coefficient (Wildman–Crippen LogP) is 3.22. The number of nitrogens with one attached hydrogen (secondary N) is 1. The first-order valence-corrected chi connectivity index (χ1v) is 7.23. The van der Waals surface area contributed by atoms with Crippen molar-refractivity contribution in [3.05, 3.63) is 41.6 Å². The Labute approximate surface area is 134 Å². The van der Waals surface area contributed by atoms with Crippen LogP contribution in [0.15, 0.2) is 30.5 Å². The SMILES string of the molecule is CN1C[C@H](C(=O)Cl)C=C2c3cccc4[nH]cc(c34)C[C@H]21.Cl. The number of hydrogen-bond donors (Lipinski definition) is 1. The van der Waals surface area contributed by atoms with Crippen LogP contribution in [0.3, 0.4) is 0 Å². The van der Waals surface area contributed by atoms with Gasteiger partial charge in [0.15, 0.2) is 0 Å². The number of carbonyl (C=O) groups excluding carboxylic acids is 1. The van der Waals surface area contributed by atoms with Crippen LogP contribution in [0.5, 0.6) is 0 Å². The summed E-state index contributed by atoms with van der Waals surface area (Å²) in [5.74, 6) is -0.205. The lowest BCUT2D eigenvalue weighted by molar-refractivity contribution is -0.114. The molecule has 2 aliphatic rings. The smallest absolute Gasteiger partial charge is 0.229 e. The van der Waals surface area contributed by atoms with Gasteiger partial charge in [-0.05, 0) is 47.8 Å². The Morgan fingerprint density at radius 2 is 2.24 bits per heavy atom. The second kappa shape index (κ2) is 5.16. The molecule has 0 spiro atoms. The van der Waals surface area contributed by atoms with E-state index in [1.807, 2.05) is 0 Å². The molecule has 0 fully saturated rings. The molecule has 0 unspecified atom stereocenters. The van der Waals surface area contributed by atoms with Crippen molar-refractivity contribution in [3.63, 3.8) is 0 Å². The molecule has 3 nitrogen and oxygen atoms in total. The summed E-state index contributed by atoms with van der Waals surface area (Å²) >= 11 is 5.72. The minimum Gasteiger partial charge on any atom is -0.361 e. The van der Waals surface area contributed by atoms with Crippen LogP contribution in [0.2, 0.25) is 0 Å². The monoisotopic (exact) mass is 322 g/mol. The molecule has 5 heteroatoms. The van der Waals surface area contributed by atoms with Crippen molar-refractivity contribution in [2.45, 2.75) is 12.5 Å². The zero-order chi connectivity index (χ0) is 13.9. The Bertz CT molecular complexity index is 750. The summed E-state index contributed by atoms with van der Waals surface area (Å²) in [4.78, 5) is 17.1. The molecule has 0 radical (unpaired) electrons. The van der Waals surface area contributed by atoms with Gasteiger partial charge in [-0.15, -0.1) is 12.4 Å². The Hall–Kier alpha value is -1.29. The van der Waals surface area contributed by atoms with Gasteiger partial charge in [0.1, 0.15) is 0 Å². The molecule has 0 amide bonds. The molecule has 1 N–H and O–H groups in total. The Morgan fingerprint density at radius 1 is 1.43 bits per heavy atom. The molecular formula is C16H16Cl2N2O. The number of fused-ring (bicyclic) bond motifs is 2. The van der Waals surface area contributed by atoms with Gasteiger partial charge in [-0.1, -0.05) is 18.2 Å². The second-order valence-electron chi connectivity index (χ2n) is 5.73. The van der Waals surface area contributed by atoms with Gasteiger partial charge in [-0.3, -0.25) is 9.69 Å². The lowest BCUT2D eigenvalue weighted by atomic mass is 9.80. The topological polar surface area (TPSA) is 36.1 Å². The van der Waals surface area contributed by atoms with Crippen LogP contribution in [-0.2, 0) is 11.2 Å². The Morgan fingerprint density at radius 3 is 3.00 bits per heavy atom. The van der Waals surface area contributed by atoms with Crippen molar-refractivity contribution in [2.24, 2.45) is 5.92 Å². The molecule has 0 saturated carbocycles. The molecule has 2 aromatic rings. The van der Waals surface area contributed by atoms with Gasteiger partial charge in [0.25, 0.3) is 0 Å². The van der Waals surface area contributed by atoms with Crippen LogP contribution in [0.1, 0.15) is 11.1 Å². The number of likely N-dealkylation sites (N-methyl/N-ethyl adjacent to an activating group) is 1. The number of aromatic nitrogens is 1. The van der Waals surface area contributed by atoms with Crippen LogP contribution in [0.25, 0.3) is 16.5 Å². The molecule has 0 saturated heterocycles. The summed E-state index contributed by atoms with van der Waals surface area (Å²) in [6.07, 6.45) is 5.17. The number of aromatic amines is 1. The Balaban J connectivity index is 0.00000132. The van der Waals surface area contributed by atoms with Gasteiger partial charge in [-0.25, -0.2) is 0 Å². The minimum atomic E-state index is -0.269. The first-order chi connectivity index (χ1) is 9.65. The maximum atomic E-state index is 11.5. The summed E-state index contributed by atoms with van der Waals surface area (Å²) in [5, 5.41) is 1.03. The fourth-order valence-corrected chi connectivity index (χ4v) is 3.73. The van der Waals surface area contributed by atoms with Crippen molar-refractivity contribution in [1.29, 1.82) is 0 Å². The summed E-state index contributed by atoms with van der Waals surface area (Å²) in [6, 6.07) is 6.65. The van der Waals surface area contributed by atoms with Crippen LogP contribution in [-0.4, -0.2) is 34.8 Å². The van der Waals surface area contributed by atoms with Gasteiger partial charge in [0.05, 0.1) is 5.92 Å². The highest BCUT2D eigenvalue weighted by atomic mass is 35.5. The van der Waals surface area contributed by atoms with Crippen molar-refractivity contribution in [2.75, 3.05) is 13.6 Å². The Kier molecular flexibility index (Phi) is 3.60. The fraction of sp³-hybridized carbons (Fsp3) is 0.312. The van der Waals surface area contributed by atoms with Crippen molar-refractivity contribution in [3.8, 4) is 0 Å². The molecule has 1 aliphatic carbocycles. The standard InChI is InChI=1S/C16H15ClN2O.ClH/c1-19-8-10(16(17)20)5-12-11-3-2-4-13-15(11)9(7-18-13)6-14(12)19;/h2-5,7,10,14,18H,6,8H2,1H3;1H/t10-,14-;/m1./s1. The number of carbonyl (C=O) groups is 1. The number of rotatable bonds is 1. The van der Waals surface area contributed by atoms with E-state index < -0.39 is 0 Å². The van der Waals surface area contributed by atoms with E-state index in [1.54, 1.807) is 0 Å². The number of benzene rings is 1. The molecule has 1 aromatic carbocycles. The van der Waals surface area contributed by atoms with Gasteiger partial charge < -0.3 is 4.98 Å². The molecule has 110 valence electrons. The summed E-state index contributed by atoms with van der Waals surface area (Å²) in [7, 11) is 2.07. The van der Waals surface area contributed by atoms with Crippen molar-refractivity contribution >= 4 is 45.7 Å². The van der Waals surface area contributed by atoms with Gasteiger partial charge in [0.2, 0.25) is 5.24 Å². The number of nitrogens with zero attached hydrogens (tertiary/aromatic N) is 1. The van der Waals surface area contributed by atoms with E-state index in [0.717, 1.165) is 6.42 Å². The highest BCUT2D eigenvalue weighted by Crippen LogP contribution is 2.40. The van der Waals surface area contributed by atoms with Gasteiger partial charge >= 0.3 is 0 Å². The van der Waals surface area contributed by atoms with E-state index in [0.29, 0.717) is 12.6 Å². The predicted molar refractivity (Wildman–Crippen MR) is 88.0 cm³/mol. The highest BCUT2D eigenvalue weighted by Gasteiger charge is 2.35. The van der Waals surface area contributed by atoms with Crippen LogP contribution < -0.4 is 0 Å². The first kappa shape index (κ1) is 14.6. The lowest BCUT2D eigenvalue weighted by Crippen LogP contribution is -2.43. The molecule has 2 atom stereocenters. The fourth-order valence-electron chi connectivity index (χ4n) is 3.59. The molecule has 21 heavy (non-hydrogen) atoms. The van der Waals surface area contributed by atoms with Crippen molar-refractivity contribution < 1.29 is 4.79 Å². The zero-order valence-corrected chi connectivity index (χ0v) is 13.2. The van der Waals surface area contributed by atoms with Crippen LogP contribution in [0.4, 0.5) is 0 Å². The van der Waals surface area contributed by atoms with E-state index in [2.05, 4.69) is 47.4 Å². The summed E-state index contributed by atoms with van der Waals surface area (Å²) in [5.41, 5.74) is 5.01. The third-order valence-electron chi connectivity index (χ3n) is 4.56. The van der Waals surface area contributed by atoms with Gasteiger partial charge in [0, 0.05) is 29.7 Å². The average Bonchev–Trinajstić information content (AvgIpc) is 2.84. The quantitative estimate of drug-likeness (QED) is 0.818. The minimum absolute atomic E-state index is 0. The van der Waals surface area contributed by atoms with Crippen molar-refractivity contribution in [1.82, 2.24) is 9.88 Å². The van der Waals surface area contributed by atoms with Crippen LogP contribution in [0, 0.1) is 5.92 Å². The molecule has 1 aliphatic heterocycles. The van der Waals surface area contributed by atoms with E-state index in [1.165, 1.54) is 27.6 Å². The molecular weight excluding hydrogens is 307 g/mol. The van der Waals surface area contributed by atoms with E-state index in [4.69, 9.17) is 11.6 Å². The van der Waals surface area contributed by atoms with E-state index in [9.17, 15) is 4.79 Å². The third-order valence-corrected chi connectivity index (χ3v) is 4.84. The normalized spacial score (nSPS) is 24.2. The molecule has 2 heterocycles. The summed E-state index contributed by atoms with van der Waals surface area (Å²) < 4.78 is 0.